The van der Waals surface area contributed by atoms with Crippen LogP contribution in [0.4, 0.5) is 0 Å². The lowest BCUT2D eigenvalue weighted by atomic mass is 10.0. The maximum Gasteiger partial charge on any atom is 0.267 e. The molecule has 186 valence electrons. The van der Waals surface area contributed by atoms with Crippen LogP contribution in [0.2, 0.25) is 0 Å². The van der Waals surface area contributed by atoms with Gasteiger partial charge >= 0.3 is 0 Å². The molecule has 0 bridgehead atoms. The first-order chi connectivity index (χ1) is 17.7. The molecule has 3 aromatic carbocycles. The molecule has 1 saturated carbocycles. The zero-order valence-electron chi connectivity index (χ0n) is 20.7. The predicted molar refractivity (Wildman–Crippen MR) is 144 cm³/mol. The van der Waals surface area contributed by atoms with Crippen LogP contribution in [0.1, 0.15) is 47.4 Å². The lowest BCUT2D eigenvalue weighted by Crippen LogP contribution is -2.43. The predicted octanol–water partition coefficient (Wildman–Crippen LogP) is 5.06. The highest BCUT2D eigenvalue weighted by Crippen LogP contribution is 2.41. The van der Waals surface area contributed by atoms with Crippen LogP contribution in [0, 0.1) is 0 Å². The van der Waals surface area contributed by atoms with Crippen molar-refractivity contribution >= 4 is 12.0 Å². The third-order valence-corrected chi connectivity index (χ3v) is 7.12. The third-order valence-electron chi connectivity index (χ3n) is 7.12. The van der Waals surface area contributed by atoms with Crippen molar-refractivity contribution in [3.63, 3.8) is 0 Å². The molecule has 2 fully saturated rings. The second kappa shape index (κ2) is 12.1. The van der Waals surface area contributed by atoms with Crippen LogP contribution in [0.25, 0.3) is 6.08 Å². The molecular weight excluding hydrogens is 446 g/mol. The van der Waals surface area contributed by atoms with E-state index in [-0.39, 0.29) is 5.91 Å². The summed E-state index contributed by atoms with van der Waals surface area (Å²) >= 11 is 0. The average molecular weight is 482 g/mol. The summed E-state index contributed by atoms with van der Waals surface area (Å²) in [5, 5.41) is 3.90. The van der Waals surface area contributed by atoms with Crippen LogP contribution >= 0.6 is 0 Å². The Kier molecular flexibility index (Phi) is 8.24. The summed E-state index contributed by atoms with van der Waals surface area (Å²) in [7, 11) is 0. The molecule has 5 rings (SSSR count). The highest BCUT2D eigenvalue weighted by Gasteiger charge is 2.39. The summed E-state index contributed by atoms with van der Waals surface area (Å²) in [5.74, 6) is 0.428. The number of hydroxylamine groups is 1. The first-order valence-corrected chi connectivity index (χ1v) is 13.0. The topological polar surface area (TPSA) is 53.6 Å². The molecule has 1 aliphatic heterocycles. The Hall–Kier alpha value is -3.25. The molecule has 36 heavy (non-hydrogen) atoms. The number of amides is 1. The smallest absolute Gasteiger partial charge is 0.267 e. The van der Waals surface area contributed by atoms with Gasteiger partial charge < -0.3 is 5.32 Å². The van der Waals surface area contributed by atoms with E-state index >= 15 is 0 Å². The van der Waals surface area contributed by atoms with Gasteiger partial charge in [0.15, 0.2) is 0 Å². The number of nitrogens with one attached hydrogen (secondary N) is 2. The van der Waals surface area contributed by atoms with E-state index in [1.54, 1.807) is 0 Å². The summed E-state index contributed by atoms with van der Waals surface area (Å²) in [6, 6.07) is 30.4. The van der Waals surface area contributed by atoms with Gasteiger partial charge in [0, 0.05) is 30.6 Å². The zero-order valence-corrected chi connectivity index (χ0v) is 20.7. The molecule has 1 aliphatic carbocycles. The summed E-state index contributed by atoms with van der Waals surface area (Å²) in [6.45, 7) is 3.58. The molecule has 2 atom stereocenters. The fourth-order valence-electron chi connectivity index (χ4n) is 4.97. The summed E-state index contributed by atoms with van der Waals surface area (Å²) < 4.78 is 0. The molecule has 1 saturated heterocycles. The second-order valence-electron chi connectivity index (χ2n) is 9.89. The highest BCUT2D eigenvalue weighted by molar-refractivity contribution is 5.90. The van der Waals surface area contributed by atoms with Gasteiger partial charge in [-0.15, -0.1) is 0 Å². The molecule has 2 aliphatic rings. The number of benzene rings is 3. The SMILES string of the molecule is O=C(C=Cc1ccc(CN2CCC(NC3CC3c3ccccc3)CC2)cc1)NOCc1ccccc1. The van der Waals surface area contributed by atoms with E-state index in [2.05, 4.69) is 70.3 Å². The van der Waals surface area contributed by atoms with Crippen LogP contribution in [-0.4, -0.2) is 36.0 Å². The van der Waals surface area contributed by atoms with Gasteiger partial charge in [-0.2, -0.15) is 0 Å². The Bertz CT molecular complexity index is 1120. The molecule has 2 unspecified atom stereocenters. The molecule has 0 aromatic heterocycles. The lowest BCUT2D eigenvalue weighted by Gasteiger charge is -2.32. The van der Waals surface area contributed by atoms with Crippen molar-refractivity contribution < 1.29 is 9.63 Å². The minimum atomic E-state index is -0.271. The molecule has 5 nitrogen and oxygen atoms in total. The summed E-state index contributed by atoms with van der Waals surface area (Å²) in [5.41, 5.74) is 7.25. The monoisotopic (exact) mass is 481 g/mol. The number of likely N-dealkylation sites (tertiary alicyclic amines) is 1. The largest absolute Gasteiger partial charge is 0.311 e. The number of hydrogen-bond donors (Lipinski definition) is 2. The lowest BCUT2D eigenvalue weighted by molar-refractivity contribution is -0.129. The number of carbonyl (C=O) groups excluding carboxylic acids is 1. The van der Waals surface area contributed by atoms with E-state index in [1.165, 1.54) is 36.5 Å². The normalized spacial score (nSPS) is 20.4. The fourth-order valence-corrected chi connectivity index (χ4v) is 4.97. The van der Waals surface area contributed by atoms with Crippen molar-refractivity contribution in [3.8, 4) is 0 Å². The first kappa shape index (κ1) is 24.4. The van der Waals surface area contributed by atoms with Crippen molar-refractivity contribution in [1.82, 2.24) is 15.7 Å². The Morgan fingerprint density at radius 2 is 1.58 bits per heavy atom. The maximum atomic E-state index is 12.0. The van der Waals surface area contributed by atoms with E-state index in [9.17, 15) is 4.79 Å². The second-order valence-corrected chi connectivity index (χ2v) is 9.89. The third kappa shape index (κ3) is 7.14. The molecule has 1 amide bonds. The van der Waals surface area contributed by atoms with Gasteiger partial charge in [0.25, 0.3) is 5.91 Å². The van der Waals surface area contributed by atoms with Gasteiger partial charge in [-0.25, -0.2) is 5.48 Å². The quantitative estimate of drug-likeness (QED) is 0.314. The maximum absolute atomic E-state index is 12.0. The summed E-state index contributed by atoms with van der Waals surface area (Å²) in [4.78, 5) is 19.8. The molecule has 1 heterocycles. The fraction of sp³-hybridized carbons (Fsp3) is 0.323. The Labute approximate surface area is 214 Å². The molecule has 5 heteroatoms. The number of nitrogens with zero attached hydrogens (tertiary/aromatic N) is 1. The Balaban J connectivity index is 0.994. The standard InChI is InChI=1S/C31H35N3O2/c35-31(33-36-23-26-7-3-1-4-8-26)16-15-24-11-13-25(14-12-24)22-34-19-17-28(18-20-34)32-30-21-29(30)27-9-5-2-6-10-27/h1-16,28-30,32H,17-23H2,(H,33,35). The number of rotatable bonds is 10. The average Bonchev–Trinajstić information content (AvgIpc) is 3.70. The number of carbonyl (C=O) groups is 1. The van der Waals surface area contributed by atoms with Gasteiger partial charge in [-0.1, -0.05) is 84.9 Å². The van der Waals surface area contributed by atoms with Gasteiger partial charge in [0.05, 0.1) is 6.61 Å². The number of piperidine rings is 1. The first-order valence-electron chi connectivity index (χ1n) is 13.0. The minimum Gasteiger partial charge on any atom is -0.311 e. The number of hydrogen-bond acceptors (Lipinski definition) is 4. The zero-order chi connectivity index (χ0) is 24.6. The van der Waals surface area contributed by atoms with E-state index in [4.69, 9.17) is 4.84 Å². The van der Waals surface area contributed by atoms with Crippen LogP contribution in [0.5, 0.6) is 0 Å². The van der Waals surface area contributed by atoms with Crippen molar-refractivity contribution in [2.24, 2.45) is 0 Å². The Morgan fingerprint density at radius 1 is 0.889 bits per heavy atom. The van der Waals surface area contributed by atoms with Gasteiger partial charge in [0.2, 0.25) is 0 Å². The minimum absolute atomic E-state index is 0.271. The van der Waals surface area contributed by atoms with Crippen LogP contribution in [0.15, 0.2) is 91.0 Å². The highest BCUT2D eigenvalue weighted by atomic mass is 16.6. The van der Waals surface area contributed by atoms with Crippen molar-refractivity contribution in [2.45, 2.75) is 50.4 Å². The van der Waals surface area contributed by atoms with Gasteiger partial charge in [-0.3, -0.25) is 14.5 Å². The van der Waals surface area contributed by atoms with Crippen LogP contribution in [-0.2, 0) is 22.8 Å². The van der Waals surface area contributed by atoms with Crippen LogP contribution < -0.4 is 10.8 Å². The van der Waals surface area contributed by atoms with Gasteiger partial charge in [0.1, 0.15) is 0 Å². The van der Waals surface area contributed by atoms with E-state index < -0.39 is 0 Å². The molecule has 2 N–H and O–H groups in total. The molecule has 0 radical (unpaired) electrons. The van der Waals surface area contributed by atoms with E-state index in [0.717, 1.165) is 30.8 Å². The Morgan fingerprint density at radius 3 is 2.31 bits per heavy atom. The van der Waals surface area contributed by atoms with E-state index in [1.807, 2.05) is 36.4 Å². The van der Waals surface area contributed by atoms with Gasteiger partial charge in [-0.05, 0) is 60.7 Å². The molecular formula is C31H35N3O2. The van der Waals surface area contributed by atoms with Crippen molar-refractivity contribution in [3.05, 3.63) is 113 Å². The molecule has 0 spiro atoms. The van der Waals surface area contributed by atoms with E-state index in [0.29, 0.717) is 24.6 Å². The van der Waals surface area contributed by atoms with Crippen molar-refractivity contribution in [1.29, 1.82) is 0 Å². The van der Waals surface area contributed by atoms with Crippen LogP contribution in [0.3, 0.4) is 0 Å². The molecule has 3 aromatic rings. The van der Waals surface area contributed by atoms with Crippen molar-refractivity contribution in [2.75, 3.05) is 13.1 Å². The summed E-state index contributed by atoms with van der Waals surface area (Å²) in [6.07, 6.45) is 7.00.